The Kier molecular flexibility index (Phi) is 6.70. The summed E-state index contributed by atoms with van der Waals surface area (Å²) < 4.78 is 0. The van der Waals surface area contributed by atoms with E-state index >= 15 is 0 Å². The SMILES string of the molecule is CCCNCc1nc(CN(CC)C(C)C)cs1. The maximum Gasteiger partial charge on any atom is 0.107 e. The molecule has 0 aromatic carbocycles. The molecule has 1 heterocycles. The van der Waals surface area contributed by atoms with Crippen molar-refractivity contribution in [2.24, 2.45) is 0 Å². The monoisotopic (exact) mass is 255 g/mol. The largest absolute Gasteiger partial charge is 0.310 e. The molecule has 98 valence electrons. The van der Waals surface area contributed by atoms with Gasteiger partial charge in [-0.2, -0.15) is 0 Å². The first-order chi connectivity index (χ1) is 8.17. The summed E-state index contributed by atoms with van der Waals surface area (Å²) in [6.45, 7) is 12.9. The maximum absolute atomic E-state index is 4.67. The van der Waals surface area contributed by atoms with Crippen LogP contribution < -0.4 is 5.32 Å². The van der Waals surface area contributed by atoms with Crippen molar-refractivity contribution < 1.29 is 0 Å². The smallest absolute Gasteiger partial charge is 0.107 e. The molecule has 0 bridgehead atoms. The van der Waals surface area contributed by atoms with Crippen molar-refractivity contribution in [1.82, 2.24) is 15.2 Å². The highest BCUT2D eigenvalue weighted by Gasteiger charge is 2.10. The van der Waals surface area contributed by atoms with Crippen LogP contribution in [0.2, 0.25) is 0 Å². The van der Waals surface area contributed by atoms with Crippen molar-refractivity contribution in [3.05, 3.63) is 16.1 Å². The van der Waals surface area contributed by atoms with E-state index in [1.54, 1.807) is 11.3 Å². The summed E-state index contributed by atoms with van der Waals surface area (Å²) in [7, 11) is 0. The Balaban J connectivity index is 2.44. The number of thiazole rings is 1. The molecule has 0 aliphatic rings. The van der Waals surface area contributed by atoms with Crippen LogP contribution in [0.15, 0.2) is 5.38 Å². The van der Waals surface area contributed by atoms with Crippen LogP contribution in [0.1, 0.15) is 44.8 Å². The molecule has 0 radical (unpaired) electrons. The molecule has 0 aliphatic heterocycles. The molecule has 4 heteroatoms. The average Bonchev–Trinajstić information content (AvgIpc) is 2.74. The summed E-state index contributed by atoms with van der Waals surface area (Å²) in [4.78, 5) is 7.10. The minimum atomic E-state index is 0.586. The summed E-state index contributed by atoms with van der Waals surface area (Å²) in [5, 5.41) is 6.78. The molecule has 0 atom stereocenters. The molecular formula is C13H25N3S. The zero-order valence-electron chi connectivity index (χ0n) is 11.5. The normalized spacial score (nSPS) is 11.6. The molecule has 0 unspecified atom stereocenters. The molecule has 17 heavy (non-hydrogen) atoms. The lowest BCUT2D eigenvalue weighted by Crippen LogP contribution is -2.30. The summed E-state index contributed by atoms with van der Waals surface area (Å²) in [5.74, 6) is 0. The summed E-state index contributed by atoms with van der Waals surface area (Å²) in [5.41, 5.74) is 1.21. The zero-order valence-corrected chi connectivity index (χ0v) is 12.3. The van der Waals surface area contributed by atoms with Gasteiger partial charge in [-0.3, -0.25) is 4.90 Å². The van der Waals surface area contributed by atoms with Crippen molar-refractivity contribution >= 4 is 11.3 Å². The first-order valence-electron chi connectivity index (χ1n) is 6.55. The van der Waals surface area contributed by atoms with E-state index in [1.807, 2.05) is 0 Å². The Labute approximate surface area is 109 Å². The highest BCUT2D eigenvalue weighted by Crippen LogP contribution is 2.13. The Morgan fingerprint density at radius 3 is 2.76 bits per heavy atom. The van der Waals surface area contributed by atoms with Gasteiger partial charge in [0.15, 0.2) is 0 Å². The van der Waals surface area contributed by atoms with E-state index in [0.29, 0.717) is 6.04 Å². The molecule has 0 saturated carbocycles. The van der Waals surface area contributed by atoms with Crippen LogP contribution in [-0.2, 0) is 13.1 Å². The highest BCUT2D eigenvalue weighted by molar-refractivity contribution is 7.09. The average molecular weight is 255 g/mol. The van der Waals surface area contributed by atoms with Gasteiger partial charge in [0, 0.05) is 24.5 Å². The van der Waals surface area contributed by atoms with Crippen LogP contribution in [0.25, 0.3) is 0 Å². The topological polar surface area (TPSA) is 28.2 Å². The van der Waals surface area contributed by atoms with Gasteiger partial charge in [-0.25, -0.2) is 4.98 Å². The fraction of sp³-hybridized carbons (Fsp3) is 0.769. The van der Waals surface area contributed by atoms with Gasteiger partial charge in [-0.1, -0.05) is 13.8 Å². The van der Waals surface area contributed by atoms with E-state index in [2.05, 4.69) is 48.3 Å². The lowest BCUT2D eigenvalue weighted by atomic mass is 10.3. The third-order valence-corrected chi connectivity index (χ3v) is 3.70. The van der Waals surface area contributed by atoms with Gasteiger partial charge < -0.3 is 5.32 Å². The summed E-state index contributed by atoms with van der Waals surface area (Å²) >= 11 is 1.76. The van der Waals surface area contributed by atoms with Crippen LogP contribution in [0.4, 0.5) is 0 Å². The standard InChI is InChI=1S/C13H25N3S/c1-5-7-14-8-13-15-12(10-17-13)9-16(6-2)11(3)4/h10-11,14H,5-9H2,1-4H3. The second-order valence-electron chi connectivity index (χ2n) is 4.57. The molecular weight excluding hydrogens is 230 g/mol. The van der Waals surface area contributed by atoms with Crippen molar-refractivity contribution in [2.45, 2.75) is 53.2 Å². The first kappa shape index (κ1) is 14.6. The van der Waals surface area contributed by atoms with Gasteiger partial charge in [-0.15, -0.1) is 11.3 Å². The number of rotatable bonds is 8. The second-order valence-corrected chi connectivity index (χ2v) is 5.51. The van der Waals surface area contributed by atoms with Gasteiger partial charge >= 0.3 is 0 Å². The lowest BCUT2D eigenvalue weighted by Gasteiger charge is -2.23. The third-order valence-electron chi connectivity index (χ3n) is 2.80. The van der Waals surface area contributed by atoms with Crippen LogP contribution >= 0.6 is 11.3 Å². The molecule has 1 rings (SSSR count). The van der Waals surface area contributed by atoms with Crippen molar-refractivity contribution in [2.75, 3.05) is 13.1 Å². The summed E-state index contributed by atoms with van der Waals surface area (Å²) in [6.07, 6.45) is 1.18. The number of aromatic nitrogens is 1. The Bertz CT molecular complexity index is 309. The third kappa shape index (κ3) is 5.15. The molecule has 0 spiro atoms. The minimum Gasteiger partial charge on any atom is -0.310 e. The predicted molar refractivity (Wildman–Crippen MR) is 75.3 cm³/mol. The van der Waals surface area contributed by atoms with Gasteiger partial charge in [-0.05, 0) is 33.4 Å². The van der Waals surface area contributed by atoms with E-state index in [-0.39, 0.29) is 0 Å². The molecule has 0 saturated heterocycles. The fourth-order valence-electron chi connectivity index (χ4n) is 1.74. The molecule has 1 aromatic rings. The molecule has 1 N–H and O–H groups in total. The van der Waals surface area contributed by atoms with Crippen molar-refractivity contribution in [1.29, 1.82) is 0 Å². The van der Waals surface area contributed by atoms with Gasteiger partial charge in [0.1, 0.15) is 5.01 Å². The van der Waals surface area contributed by atoms with E-state index in [1.165, 1.54) is 17.1 Å². The minimum absolute atomic E-state index is 0.586. The van der Waals surface area contributed by atoms with Gasteiger partial charge in [0.05, 0.1) is 5.69 Å². The Hall–Kier alpha value is -0.450. The van der Waals surface area contributed by atoms with Gasteiger partial charge in [0.25, 0.3) is 0 Å². The molecule has 0 amide bonds. The predicted octanol–water partition coefficient (Wildman–Crippen LogP) is 2.87. The number of hydrogen-bond donors (Lipinski definition) is 1. The number of nitrogens with zero attached hydrogens (tertiary/aromatic N) is 2. The van der Waals surface area contributed by atoms with E-state index in [0.717, 1.165) is 26.2 Å². The number of hydrogen-bond acceptors (Lipinski definition) is 4. The lowest BCUT2D eigenvalue weighted by molar-refractivity contribution is 0.222. The molecule has 1 aromatic heterocycles. The molecule has 0 aliphatic carbocycles. The fourth-order valence-corrected chi connectivity index (χ4v) is 2.50. The highest BCUT2D eigenvalue weighted by atomic mass is 32.1. The van der Waals surface area contributed by atoms with Crippen LogP contribution in [0.5, 0.6) is 0 Å². The van der Waals surface area contributed by atoms with Crippen LogP contribution in [-0.4, -0.2) is 29.0 Å². The quantitative estimate of drug-likeness (QED) is 0.724. The maximum atomic E-state index is 4.67. The van der Waals surface area contributed by atoms with Crippen LogP contribution in [0.3, 0.4) is 0 Å². The first-order valence-corrected chi connectivity index (χ1v) is 7.43. The zero-order chi connectivity index (χ0) is 12.7. The molecule has 0 fully saturated rings. The van der Waals surface area contributed by atoms with E-state index in [4.69, 9.17) is 0 Å². The number of nitrogens with one attached hydrogen (secondary N) is 1. The van der Waals surface area contributed by atoms with Crippen molar-refractivity contribution in [3.63, 3.8) is 0 Å². The second kappa shape index (κ2) is 7.80. The van der Waals surface area contributed by atoms with Crippen LogP contribution in [0, 0.1) is 0 Å². The Morgan fingerprint density at radius 1 is 1.41 bits per heavy atom. The molecule has 3 nitrogen and oxygen atoms in total. The van der Waals surface area contributed by atoms with E-state index < -0.39 is 0 Å². The Morgan fingerprint density at radius 2 is 2.18 bits per heavy atom. The van der Waals surface area contributed by atoms with Gasteiger partial charge in [0.2, 0.25) is 0 Å². The summed E-state index contributed by atoms with van der Waals surface area (Å²) in [6, 6.07) is 0.586. The van der Waals surface area contributed by atoms with Crippen molar-refractivity contribution in [3.8, 4) is 0 Å². The van der Waals surface area contributed by atoms with E-state index in [9.17, 15) is 0 Å².